The van der Waals surface area contributed by atoms with Crippen LogP contribution in [-0.2, 0) is 9.53 Å². The molecule has 1 amide bonds. The third-order valence-electron chi connectivity index (χ3n) is 5.96. The molecule has 0 aromatic heterocycles. The molecule has 0 aromatic rings. The molecule has 4 N–H and O–H groups in total. The van der Waals surface area contributed by atoms with Crippen LogP contribution in [0.2, 0.25) is 0 Å². The highest BCUT2D eigenvalue weighted by Gasteiger charge is 2.34. The maximum Gasteiger partial charge on any atom is 0.228 e. The van der Waals surface area contributed by atoms with Crippen LogP contribution in [0.1, 0.15) is 12.8 Å². The second-order valence-corrected chi connectivity index (χ2v) is 8.43. The quantitative estimate of drug-likeness (QED) is 0.523. The second kappa shape index (κ2) is 7.96. The van der Waals surface area contributed by atoms with Gasteiger partial charge in [-0.1, -0.05) is 11.6 Å². The van der Waals surface area contributed by atoms with Crippen molar-refractivity contribution < 1.29 is 13.9 Å². The number of halogens is 2. The number of allylic oxidation sites excluding steroid dienone is 2. The zero-order valence-electron chi connectivity index (χ0n) is 16.4. The fraction of sp³-hybridized carbons (Fsp3) is 0.500. The van der Waals surface area contributed by atoms with E-state index in [-0.39, 0.29) is 42.2 Å². The summed E-state index contributed by atoms with van der Waals surface area (Å²) >= 11 is 6.12. The Bertz CT molecular complexity index is 905. The number of carbonyl (C=O) groups excluding carboxylic acids is 1. The Labute approximate surface area is 178 Å². The number of likely N-dealkylation sites (tertiary alicyclic amines) is 1. The number of nitrogens with one attached hydrogen (secondary N) is 4. The molecule has 0 bridgehead atoms. The lowest BCUT2D eigenvalue weighted by Gasteiger charge is -2.24. The first-order valence-electron chi connectivity index (χ1n) is 10.2. The van der Waals surface area contributed by atoms with Gasteiger partial charge in [-0.25, -0.2) is 9.38 Å². The third-order valence-corrected chi connectivity index (χ3v) is 6.18. The highest BCUT2D eigenvalue weighted by Crippen LogP contribution is 2.27. The highest BCUT2D eigenvalue weighted by atomic mass is 35.5. The van der Waals surface area contributed by atoms with Gasteiger partial charge in [0, 0.05) is 49.3 Å². The van der Waals surface area contributed by atoms with E-state index < -0.39 is 0 Å². The van der Waals surface area contributed by atoms with Gasteiger partial charge in [-0.2, -0.15) is 0 Å². The van der Waals surface area contributed by atoms with Gasteiger partial charge in [0.15, 0.2) is 11.6 Å². The van der Waals surface area contributed by atoms with Gasteiger partial charge in [-0.3, -0.25) is 4.79 Å². The molecular formula is C20H24ClFN6O2. The summed E-state index contributed by atoms with van der Waals surface area (Å²) < 4.78 is 19.8. The van der Waals surface area contributed by atoms with Gasteiger partial charge in [-0.05, 0) is 18.9 Å². The van der Waals surface area contributed by atoms with Gasteiger partial charge in [-0.15, -0.1) is 0 Å². The van der Waals surface area contributed by atoms with Crippen LogP contribution in [0.4, 0.5) is 4.39 Å². The van der Waals surface area contributed by atoms with Crippen molar-refractivity contribution in [1.82, 2.24) is 26.2 Å². The van der Waals surface area contributed by atoms with Crippen molar-refractivity contribution in [2.75, 3.05) is 32.8 Å². The minimum atomic E-state index is -0.343. The molecule has 0 aliphatic carbocycles. The Morgan fingerprint density at radius 1 is 1.33 bits per heavy atom. The van der Waals surface area contributed by atoms with E-state index in [2.05, 4.69) is 26.3 Å². The summed E-state index contributed by atoms with van der Waals surface area (Å²) in [5.74, 6) is 0.557. The molecule has 2 fully saturated rings. The highest BCUT2D eigenvalue weighted by molar-refractivity contribution is 6.31. The van der Waals surface area contributed by atoms with Crippen molar-refractivity contribution >= 4 is 23.3 Å². The summed E-state index contributed by atoms with van der Waals surface area (Å²) in [6.45, 7) is 2.42. The number of ether oxygens (including phenoxy) is 1. The number of amides is 1. The van der Waals surface area contributed by atoms with Crippen molar-refractivity contribution in [1.29, 1.82) is 0 Å². The SMILES string of the molecule is O=C(C1CCOC1)N1CC[C@@H](NC2=C(F)CNC(C3=CNC4NC=C(Cl)C=C34)=N2)C1. The average molecular weight is 435 g/mol. The van der Waals surface area contributed by atoms with E-state index >= 15 is 0 Å². The second-order valence-electron chi connectivity index (χ2n) is 8.00. The Morgan fingerprint density at radius 2 is 2.20 bits per heavy atom. The normalized spacial score (nSPS) is 30.5. The summed E-state index contributed by atoms with van der Waals surface area (Å²) in [4.78, 5) is 18.9. The van der Waals surface area contributed by atoms with Crippen LogP contribution < -0.4 is 21.3 Å². The van der Waals surface area contributed by atoms with Crippen molar-refractivity contribution in [3.63, 3.8) is 0 Å². The number of dihydropyridines is 1. The topological polar surface area (TPSA) is 90.0 Å². The molecule has 8 nitrogen and oxygen atoms in total. The Balaban J connectivity index is 1.26. The maximum atomic E-state index is 14.5. The van der Waals surface area contributed by atoms with Gasteiger partial charge in [0.1, 0.15) is 12.0 Å². The van der Waals surface area contributed by atoms with E-state index in [0.717, 1.165) is 24.0 Å². The molecule has 0 radical (unpaired) electrons. The molecule has 5 aliphatic rings. The molecule has 0 saturated carbocycles. The lowest BCUT2D eigenvalue weighted by molar-refractivity contribution is -0.134. The summed E-state index contributed by atoms with van der Waals surface area (Å²) in [7, 11) is 0. The van der Waals surface area contributed by atoms with E-state index in [1.54, 1.807) is 6.20 Å². The molecule has 160 valence electrons. The molecule has 0 aromatic carbocycles. The first-order chi connectivity index (χ1) is 14.6. The number of hydrogen-bond acceptors (Lipinski definition) is 7. The molecule has 3 atom stereocenters. The van der Waals surface area contributed by atoms with Gasteiger partial charge < -0.3 is 30.9 Å². The molecule has 2 unspecified atom stereocenters. The lowest BCUT2D eigenvalue weighted by Crippen LogP contribution is -2.40. The summed E-state index contributed by atoms with van der Waals surface area (Å²) in [5, 5.41) is 13.2. The fourth-order valence-electron chi connectivity index (χ4n) is 4.33. The smallest absolute Gasteiger partial charge is 0.228 e. The van der Waals surface area contributed by atoms with Crippen molar-refractivity contribution in [3.05, 3.63) is 46.3 Å². The minimum Gasteiger partial charge on any atom is -0.381 e. The average Bonchev–Trinajstić information content (AvgIpc) is 3.50. The number of aliphatic imine (C=N–C) groups is 1. The van der Waals surface area contributed by atoms with Crippen molar-refractivity contribution in [3.8, 4) is 0 Å². The van der Waals surface area contributed by atoms with Gasteiger partial charge in [0.25, 0.3) is 0 Å². The summed E-state index contributed by atoms with van der Waals surface area (Å²) in [6.07, 6.45) is 6.91. The van der Waals surface area contributed by atoms with Gasteiger partial charge in [0.05, 0.1) is 24.1 Å². The van der Waals surface area contributed by atoms with Crippen LogP contribution >= 0.6 is 11.6 Å². The summed E-state index contributed by atoms with van der Waals surface area (Å²) in [6, 6.07) is -0.0310. The number of fused-ring (bicyclic) bond motifs is 1. The first-order valence-corrected chi connectivity index (χ1v) is 10.6. The zero-order chi connectivity index (χ0) is 20.7. The predicted molar refractivity (Wildman–Crippen MR) is 111 cm³/mol. The standard InChI is InChI=1S/C20H24ClFN6O2/c21-12-5-14-15(7-24-17(14)23-6-12)18-25-8-16(22)19(27-18)26-13-1-3-28(9-13)20(29)11-2-4-30-10-11/h5-7,11,13,17,23-24,26H,1-4,8-10H2,(H,25,27)/t11?,13-,17?/m1/s1. The van der Waals surface area contributed by atoms with Crippen LogP contribution in [0.5, 0.6) is 0 Å². The van der Waals surface area contributed by atoms with Gasteiger partial charge in [0.2, 0.25) is 5.91 Å². The summed E-state index contributed by atoms with van der Waals surface area (Å²) in [5.41, 5.74) is 1.79. The van der Waals surface area contributed by atoms with E-state index in [1.807, 2.05) is 17.2 Å². The number of amidine groups is 1. The Kier molecular flexibility index (Phi) is 5.16. The lowest BCUT2D eigenvalue weighted by atomic mass is 10.0. The van der Waals surface area contributed by atoms with E-state index in [1.165, 1.54) is 0 Å². The number of hydrogen-bond donors (Lipinski definition) is 4. The van der Waals surface area contributed by atoms with E-state index in [9.17, 15) is 9.18 Å². The zero-order valence-corrected chi connectivity index (χ0v) is 17.1. The van der Waals surface area contributed by atoms with E-state index in [4.69, 9.17) is 16.3 Å². The van der Waals surface area contributed by atoms with Crippen LogP contribution in [0.15, 0.2) is 51.3 Å². The molecular weight excluding hydrogens is 411 g/mol. The molecule has 0 spiro atoms. The largest absolute Gasteiger partial charge is 0.381 e. The maximum absolute atomic E-state index is 14.5. The predicted octanol–water partition coefficient (Wildman–Crippen LogP) is 0.777. The fourth-order valence-corrected chi connectivity index (χ4v) is 4.52. The molecule has 2 saturated heterocycles. The number of carbonyl (C=O) groups is 1. The minimum absolute atomic E-state index is 0.0310. The van der Waals surface area contributed by atoms with Crippen molar-refractivity contribution in [2.45, 2.75) is 25.0 Å². The number of rotatable bonds is 4. The van der Waals surface area contributed by atoms with Crippen LogP contribution in [0.3, 0.4) is 0 Å². The number of nitrogens with zero attached hydrogens (tertiary/aromatic N) is 2. The Morgan fingerprint density at radius 3 is 3.03 bits per heavy atom. The molecule has 5 rings (SSSR count). The monoisotopic (exact) mass is 434 g/mol. The Hall–Kier alpha value is -2.52. The van der Waals surface area contributed by atoms with Crippen LogP contribution in [0, 0.1) is 5.92 Å². The molecule has 10 heteroatoms. The van der Waals surface area contributed by atoms with Crippen LogP contribution in [-0.4, -0.2) is 61.7 Å². The molecule has 5 heterocycles. The third kappa shape index (κ3) is 3.67. The molecule has 5 aliphatic heterocycles. The molecule has 30 heavy (non-hydrogen) atoms. The van der Waals surface area contributed by atoms with Crippen LogP contribution in [0.25, 0.3) is 0 Å². The van der Waals surface area contributed by atoms with E-state index in [0.29, 0.717) is 37.2 Å². The van der Waals surface area contributed by atoms with Crippen molar-refractivity contribution in [2.24, 2.45) is 10.9 Å². The first kappa shape index (κ1) is 19.4. The van der Waals surface area contributed by atoms with Gasteiger partial charge >= 0.3 is 0 Å².